The lowest BCUT2D eigenvalue weighted by molar-refractivity contribution is 0.0697. The van der Waals surface area contributed by atoms with Crippen LogP contribution >= 0.6 is 11.3 Å². The van der Waals surface area contributed by atoms with Crippen molar-refractivity contribution < 1.29 is 14.6 Å². The summed E-state index contributed by atoms with van der Waals surface area (Å²) in [6, 6.07) is 22.9. The molecule has 0 spiro atoms. The van der Waals surface area contributed by atoms with Gasteiger partial charge >= 0.3 is 5.97 Å². The van der Waals surface area contributed by atoms with Gasteiger partial charge in [0.15, 0.2) is 0 Å². The van der Waals surface area contributed by atoms with Gasteiger partial charge in [0, 0.05) is 44.3 Å². The van der Waals surface area contributed by atoms with Gasteiger partial charge in [0.1, 0.15) is 11.5 Å². The van der Waals surface area contributed by atoms with Gasteiger partial charge in [0.25, 0.3) is 0 Å². The first-order chi connectivity index (χ1) is 17.0. The van der Waals surface area contributed by atoms with Crippen LogP contribution in [0.25, 0.3) is 10.2 Å². The van der Waals surface area contributed by atoms with E-state index in [1.54, 1.807) is 23.5 Å². The average Bonchev–Trinajstić information content (AvgIpc) is 3.53. The van der Waals surface area contributed by atoms with E-state index in [0.29, 0.717) is 17.6 Å². The minimum absolute atomic E-state index is 0.343. The molecule has 2 saturated heterocycles. The van der Waals surface area contributed by atoms with E-state index in [-0.39, 0.29) is 0 Å². The van der Waals surface area contributed by atoms with Crippen LogP contribution < -0.4 is 4.74 Å². The molecular formula is C28H27N3O3S. The number of nitrogens with zero attached hydrogens (tertiary/aromatic N) is 3. The summed E-state index contributed by atoms with van der Waals surface area (Å²) in [5.74, 6) is 0.806. The maximum absolute atomic E-state index is 11.1. The fourth-order valence-electron chi connectivity index (χ4n) is 5.32. The van der Waals surface area contributed by atoms with Gasteiger partial charge in [-0.25, -0.2) is 9.78 Å². The molecule has 2 atom stereocenters. The van der Waals surface area contributed by atoms with Gasteiger partial charge in [0.2, 0.25) is 0 Å². The summed E-state index contributed by atoms with van der Waals surface area (Å²) in [4.78, 5) is 20.7. The van der Waals surface area contributed by atoms with Crippen LogP contribution in [0.3, 0.4) is 0 Å². The number of carbonyl (C=O) groups is 1. The Morgan fingerprint density at radius 3 is 2.14 bits per heavy atom. The second-order valence-corrected chi connectivity index (χ2v) is 10.7. The predicted molar refractivity (Wildman–Crippen MR) is 137 cm³/mol. The number of rotatable bonds is 7. The maximum atomic E-state index is 11.1. The summed E-state index contributed by atoms with van der Waals surface area (Å²) in [6.45, 7) is 5.99. The van der Waals surface area contributed by atoms with Crippen molar-refractivity contribution in [1.29, 1.82) is 0 Å². The Hall–Kier alpha value is -3.26. The van der Waals surface area contributed by atoms with Crippen LogP contribution in [0.1, 0.15) is 32.9 Å². The van der Waals surface area contributed by atoms with Gasteiger partial charge < -0.3 is 9.84 Å². The van der Waals surface area contributed by atoms with Crippen LogP contribution in [0.2, 0.25) is 0 Å². The topological polar surface area (TPSA) is 65.9 Å². The van der Waals surface area contributed by atoms with Gasteiger partial charge in [-0.1, -0.05) is 24.3 Å². The summed E-state index contributed by atoms with van der Waals surface area (Å²) in [6.07, 6.45) is 1.20. The highest BCUT2D eigenvalue weighted by molar-refractivity contribution is 7.18. The monoisotopic (exact) mass is 485 g/mol. The molecule has 0 amide bonds. The maximum Gasteiger partial charge on any atom is 0.335 e. The average molecular weight is 486 g/mol. The number of aromatic nitrogens is 1. The van der Waals surface area contributed by atoms with Crippen molar-refractivity contribution in [3.05, 3.63) is 88.4 Å². The Bertz CT molecular complexity index is 1370. The molecule has 3 heterocycles. The summed E-state index contributed by atoms with van der Waals surface area (Å²) < 4.78 is 7.23. The van der Waals surface area contributed by atoms with Crippen molar-refractivity contribution in [2.45, 2.75) is 38.5 Å². The van der Waals surface area contributed by atoms with E-state index < -0.39 is 5.97 Å². The molecule has 1 aromatic heterocycles. The molecule has 2 bridgehead atoms. The van der Waals surface area contributed by atoms with Crippen LogP contribution in [-0.4, -0.2) is 51.0 Å². The predicted octanol–water partition coefficient (Wildman–Crippen LogP) is 5.55. The molecule has 0 unspecified atom stereocenters. The van der Waals surface area contributed by atoms with Gasteiger partial charge in [-0.3, -0.25) is 9.80 Å². The lowest BCUT2D eigenvalue weighted by Gasteiger charge is -2.34. The fraction of sp³-hybridized carbons (Fsp3) is 0.286. The zero-order chi connectivity index (χ0) is 23.9. The van der Waals surface area contributed by atoms with Gasteiger partial charge in [-0.05, 0) is 60.9 Å². The van der Waals surface area contributed by atoms with Crippen LogP contribution in [0, 0.1) is 6.92 Å². The summed E-state index contributed by atoms with van der Waals surface area (Å²) in [5, 5.41) is 10.2. The minimum atomic E-state index is -0.875. The minimum Gasteiger partial charge on any atom is -0.478 e. The van der Waals surface area contributed by atoms with E-state index in [1.165, 1.54) is 17.5 Å². The molecule has 4 aromatic rings. The number of fused-ring (bicyclic) bond motifs is 3. The summed E-state index contributed by atoms with van der Waals surface area (Å²) in [5.41, 5.74) is 3.84. The number of piperazine rings is 1. The molecule has 35 heavy (non-hydrogen) atoms. The Balaban J connectivity index is 1.03. The van der Waals surface area contributed by atoms with E-state index >= 15 is 0 Å². The smallest absolute Gasteiger partial charge is 0.335 e. The van der Waals surface area contributed by atoms with Crippen molar-refractivity contribution >= 4 is 27.5 Å². The van der Waals surface area contributed by atoms with E-state index in [9.17, 15) is 4.79 Å². The number of likely N-dealkylation sites (tertiary alicyclic amines) is 2. The second kappa shape index (κ2) is 9.07. The van der Waals surface area contributed by atoms with Gasteiger partial charge in [-0.2, -0.15) is 0 Å². The first kappa shape index (κ1) is 22.2. The fourth-order valence-corrected chi connectivity index (χ4v) is 6.18. The molecule has 2 aliphatic heterocycles. The van der Waals surface area contributed by atoms with Crippen LogP contribution in [0.4, 0.5) is 0 Å². The third kappa shape index (κ3) is 4.67. The summed E-state index contributed by atoms with van der Waals surface area (Å²) >= 11 is 1.68. The molecule has 2 fully saturated rings. The van der Waals surface area contributed by atoms with Gasteiger partial charge in [0.05, 0.1) is 20.8 Å². The Kier molecular flexibility index (Phi) is 5.76. The third-order valence-corrected chi connectivity index (χ3v) is 8.00. The molecule has 3 aromatic carbocycles. The number of benzene rings is 3. The molecule has 6 nitrogen and oxygen atoms in total. The first-order valence-corrected chi connectivity index (χ1v) is 12.8. The molecule has 7 heteroatoms. The highest BCUT2D eigenvalue weighted by atomic mass is 32.1. The third-order valence-electron chi connectivity index (χ3n) is 7.07. The molecule has 0 radical (unpaired) electrons. The summed E-state index contributed by atoms with van der Waals surface area (Å²) in [7, 11) is 0. The first-order valence-electron chi connectivity index (χ1n) is 11.9. The van der Waals surface area contributed by atoms with Crippen LogP contribution in [0.15, 0.2) is 66.7 Å². The molecular weight excluding hydrogens is 458 g/mol. The van der Waals surface area contributed by atoms with Crippen LogP contribution in [-0.2, 0) is 13.1 Å². The van der Waals surface area contributed by atoms with Crippen LogP contribution in [0.5, 0.6) is 11.5 Å². The van der Waals surface area contributed by atoms with E-state index in [1.807, 2.05) is 31.2 Å². The number of carboxylic acid groups (broad SMARTS) is 1. The largest absolute Gasteiger partial charge is 0.478 e. The SMILES string of the molecule is Cc1nc2ccc(Oc3ccc(CN4C[C@@H]5C[C@H]4CN5Cc4ccc(C(=O)O)cc4)cc3)cc2s1. The van der Waals surface area contributed by atoms with E-state index in [4.69, 9.17) is 9.84 Å². The lowest BCUT2D eigenvalue weighted by Crippen LogP contribution is -2.45. The van der Waals surface area contributed by atoms with E-state index in [2.05, 4.69) is 45.1 Å². The number of hydrogen-bond acceptors (Lipinski definition) is 6. The quantitative estimate of drug-likeness (QED) is 0.370. The number of thiazole rings is 1. The van der Waals surface area contributed by atoms with Crippen molar-refractivity contribution in [2.24, 2.45) is 0 Å². The Labute approximate surface area is 208 Å². The van der Waals surface area contributed by atoms with E-state index in [0.717, 1.165) is 52.9 Å². The number of ether oxygens (including phenoxy) is 1. The van der Waals surface area contributed by atoms with Crippen molar-refractivity contribution in [2.75, 3.05) is 13.1 Å². The van der Waals surface area contributed by atoms with Crippen molar-refractivity contribution in [1.82, 2.24) is 14.8 Å². The molecule has 0 aliphatic carbocycles. The Morgan fingerprint density at radius 2 is 1.54 bits per heavy atom. The number of aryl methyl sites for hydroxylation is 1. The second-order valence-electron chi connectivity index (χ2n) is 9.51. The Morgan fingerprint density at radius 1 is 0.943 bits per heavy atom. The van der Waals surface area contributed by atoms with Crippen molar-refractivity contribution in [3.63, 3.8) is 0 Å². The zero-order valence-corrected chi connectivity index (χ0v) is 20.4. The highest BCUT2D eigenvalue weighted by Gasteiger charge is 2.42. The number of carboxylic acids is 1. The zero-order valence-electron chi connectivity index (χ0n) is 19.6. The normalized spacial score (nSPS) is 20.0. The lowest BCUT2D eigenvalue weighted by atomic mass is 10.1. The molecule has 1 N–H and O–H groups in total. The molecule has 178 valence electrons. The van der Waals surface area contributed by atoms with Crippen molar-refractivity contribution in [3.8, 4) is 11.5 Å². The number of aromatic carboxylic acids is 1. The molecule has 0 saturated carbocycles. The molecule has 2 aliphatic rings. The standard InChI is InChI=1S/C28H27N3O3S/c1-18-29-26-11-10-25(13-27(26)35-18)34-24-8-4-20(5-9-24)15-31-17-22-12-23(31)16-30(22)14-19-2-6-21(7-3-19)28(32)33/h2-11,13,22-23H,12,14-17H2,1H3,(H,32,33)/t22-,23-/m0/s1. The van der Waals surface area contributed by atoms with Gasteiger partial charge in [-0.15, -0.1) is 11.3 Å². The molecule has 6 rings (SSSR count). The highest BCUT2D eigenvalue weighted by Crippen LogP contribution is 2.34. The number of hydrogen-bond donors (Lipinski definition) is 1.